The van der Waals surface area contributed by atoms with Crippen molar-refractivity contribution in [2.45, 2.75) is 0 Å². The second-order valence-corrected chi connectivity index (χ2v) is 5.29. The molecule has 0 aromatic heterocycles. The summed E-state index contributed by atoms with van der Waals surface area (Å²) in [5, 5.41) is 8.83. The van der Waals surface area contributed by atoms with Crippen molar-refractivity contribution in [3.05, 3.63) is 84.4 Å². The highest BCUT2D eigenvalue weighted by Gasteiger charge is 2.07. The van der Waals surface area contributed by atoms with Crippen molar-refractivity contribution in [3.8, 4) is 28.7 Å². The minimum atomic E-state index is -0.463. The Morgan fingerprint density at radius 1 is 0.800 bits per heavy atom. The van der Waals surface area contributed by atoms with Gasteiger partial charge in [0.15, 0.2) is 6.61 Å². The first kappa shape index (κ1) is 16.3. The Morgan fingerprint density at radius 3 is 2.00 bits per heavy atom. The van der Waals surface area contributed by atoms with Crippen molar-refractivity contribution < 1.29 is 14.3 Å². The fourth-order valence-corrected chi connectivity index (χ4v) is 2.27. The third kappa shape index (κ3) is 4.46. The molecule has 4 heteroatoms. The fourth-order valence-electron chi connectivity index (χ4n) is 2.27. The van der Waals surface area contributed by atoms with E-state index >= 15 is 0 Å². The summed E-state index contributed by atoms with van der Waals surface area (Å²) in [6.07, 6.45) is 0. The molecule has 0 saturated carbocycles. The predicted molar refractivity (Wildman–Crippen MR) is 94.2 cm³/mol. The Labute approximate surface area is 145 Å². The molecule has 0 aliphatic heterocycles. The van der Waals surface area contributed by atoms with E-state index in [1.165, 1.54) is 0 Å². The first-order valence-corrected chi connectivity index (χ1v) is 7.74. The third-order valence-corrected chi connectivity index (χ3v) is 3.53. The van der Waals surface area contributed by atoms with Crippen LogP contribution in [0.3, 0.4) is 0 Å². The zero-order chi connectivity index (χ0) is 17.5. The molecule has 122 valence electrons. The van der Waals surface area contributed by atoms with E-state index in [1.54, 1.807) is 36.4 Å². The number of hydrogen-bond donors (Lipinski definition) is 0. The van der Waals surface area contributed by atoms with Crippen molar-refractivity contribution in [1.29, 1.82) is 5.26 Å². The molecule has 3 rings (SSSR count). The topological polar surface area (TPSA) is 59.3 Å². The van der Waals surface area contributed by atoms with Gasteiger partial charge in [0.05, 0.1) is 11.6 Å². The summed E-state index contributed by atoms with van der Waals surface area (Å²) in [6, 6.07) is 25.7. The van der Waals surface area contributed by atoms with Crippen molar-refractivity contribution in [1.82, 2.24) is 0 Å². The van der Waals surface area contributed by atoms with E-state index in [1.807, 2.05) is 42.5 Å². The van der Waals surface area contributed by atoms with Crippen molar-refractivity contribution in [2.24, 2.45) is 0 Å². The highest BCUT2D eigenvalue weighted by Crippen LogP contribution is 2.23. The minimum Gasteiger partial charge on any atom is -0.482 e. The van der Waals surface area contributed by atoms with Crippen LogP contribution in [0.1, 0.15) is 5.56 Å². The molecule has 0 N–H and O–H groups in total. The van der Waals surface area contributed by atoms with E-state index in [4.69, 9.17) is 14.7 Å². The average Bonchev–Trinajstić information content (AvgIpc) is 2.68. The maximum atomic E-state index is 11.8. The van der Waals surface area contributed by atoms with Crippen LogP contribution in [0.25, 0.3) is 11.1 Å². The van der Waals surface area contributed by atoms with Gasteiger partial charge >= 0.3 is 5.97 Å². The zero-order valence-corrected chi connectivity index (χ0v) is 13.4. The molecule has 0 unspecified atom stereocenters. The van der Waals surface area contributed by atoms with E-state index in [-0.39, 0.29) is 6.61 Å². The zero-order valence-electron chi connectivity index (χ0n) is 13.4. The van der Waals surface area contributed by atoms with Crippen LogP contribution in [0.5, 0.6) is 11.5 Å². The second-order valence-electron chi connectivity index (χ2n) is 5.29. The lowest BCUT2D eigenvalue weighted by Gasteiger charge is -2.07. The van der Waals surface area contributed by atoms with E-state index in [0.29, 0.717) is 17.1 Å². The molecule has 3 aromatic carbocycles. The molecule has 3 aromatic rings. The Kier molecular flexibility index (Phi) is 5.08. The van der Waals surface area contributed by atoms with Crippen LogP contribution in [0.4, 0.5) is 0 Å². The molecule has 0 atom stereocenters. The lowest BCUT2D eigenvalue weighted by atomic mass is 10.0. The Bertz CT molecular complexity index is 879. The quantitative estimate of drug-likeness (QED) is 0.520. The summed E-state index contributed by atoms with van der Waals surface area (Å²) in [5.74, 6) is 0.615. The number of hydrogen-bond acceptors (Lipinski definition) is 4. The molecule has 4 nitrogen and oxygen atoms in total. The van der Waals surface area contributed by atoms with Gasteiger partial charge in [0.25, 0.3) is 0 Å². The number of nitriles is 1. The lowest BCUT2D eigenvalue weighted by molar-refractivity contribution is -0.136. The maximum Gasteiger partial charge on any atom is 0.349 e. The van der Waals surface area contributed by atoms with Crippen LogP contribution >= 0.6 is 0 Å². The molecule has 0 bridgehead atoms. The average molecular weight is 329 g/mol. The molecule has 0 spiro atoms. The van der Waals surface area contributed by atoms with Gasteiger partial charge in [-0.3, -0.25) is 0 Å². The second kappa shape index (κ2) is 7.80. The van der Waals surface area contributed by atoms with Gasteiger partial charge in [-0.2, -0.15) is 5.26 Å². The summed E-state index contributed by atoms with van der Waals surface area (Å²) in [5.41, 5.74) is 2.59. The number of carbonyl (C=O) groups excluding carboxylic acids is 1. The van der Waals surface area contributed by atoms with Gasteiger partial charge in [-0.15, -0.1) is 0 Å². The Balaban J connectivity index is 1.58. The molecule has 0 radical (unpaired) electrons. The molecule has 0 heterocycles. The summed E-state index contributed by atoms with van der Waals surface area (Å²) in [7, 11) is 0. The normalized spacial score (nSPS) is 9.88. The Hall–Kier alpha value is -3.58. The van der Waals surface area contributed by atoms with Gasteiger partial charge < -0.3 is 9.47 Å². The molecule has 0 fully saturated rings. The SMILES string of the molecule is N#Cc1ccc(-c2ccc(OC(=O)COc3ccccc3)cc2)cc1. The first-order valence-electron chi connectivity index (χ1n) is 7.74. The number of rotatable bonds is 5. The lowest BCUT2D eigenvalue weighted by Crippen LogP contribution is -2.17. The van der Waals surface area contributed by atoms with Gasteiger partial charge in [0, 0.05) is 0 Å². The van der Waals surface area contributed by atoms with E-state index in [9.17, 15) is 4.79 Å². The number of esters is 1. The summed E-state index contributed by atoms with van der Waals surface area (Å²) < 4.78 is 10.6. The number of nitrogens with zero attached hydrogens (tertiary/aromatic N) is 1. The van der Waals surface area contributed by atoms with Crippen LogP contribution in [-0.4, -0.2) is 12.6 Å². The van der Waals surface area contributed by atoms with E-state index < -0.39 is 5.97 Å². The standard InChI is InChI=1S/C21H15NO3/c22-14-16-6-8-17(9-7-16)18-10-12-20(13-11-18)25-21(23)15-24-19-4-2-1-3-5-19/h1-13H,15H2. The molecule has 0 aliphatic carbocycles. The van der Waals surface area contributed by atoms with Gasteiger partial charge in [-0.05, 0) is 47.5 Å². The van der Waals surface area contributed by atoms with E-state index in [2.05, 4.69) is 6.07 Å². The molecule has 0 aliphatic rings. The summed E-state index contributed by atoms with van der Waals surface area (Å²) in [4.78, 5) is 11.8. The van der Waals surface area contributed by atoms with Crippen LogP contribution in [-0.2, 0) is 4.79 Å². The van der Waals surface area contributed by atoms with Crippen molar-refractivity contribution in [2.75, 3.05) is 6.61 Å². The molecule has 0 saturated heterocycles. The summed E-state index contributed by atoms with van der Waals surface area (Å²) >= 11 is 0. The highest BCUT2D eigenvalue weighted by molar-refractivity contribution is 5.74. The molecule has 25 heavy (non-hydrogen) atoms. The summed E-state index contributed by atoms with van der Waals surface area (Å²) in [6.45, 7) is -0.151. The van der Waals surface area contributed by atoms with Gasteiger partial charge in [0.2, 0.25) is 0 Å². The maximum absolute atomic E-state index is 11.8. The van der Waals surface area contributed by atoms with Crippen LogP contribution < -0.4 is 9.47 Å². The smallest absolute Gasteiger partial charge is 0.349 e. The van der Waals surface area contributed by atoms with Gasteiger partial charge in [0.1, 0.15) is 11.5 Å². The molecular formula is C21H15NO3. The van der Waals surface area contributed by atoms with E-state index in [0.717, 1.165) is 11.1 Å². The monoisotopic (exact) mass is 329 g/mol. The van der Waals surface area contributed by atoms with Crippen molar-refractivity contribution >= 4 is 5.97 Å². The van der Waals surface area contributed by atoms with Crippen LogP contribution in [0, 0.1) is 11.3 Å². The largest absolute Gasteiger partial charge is 0.482 e. The van der Waals surface area contributed by atoms with Crippen LogP contribution in [0.2, 0.25) is 0 Å². The minimum absolute atomic E-state index is 0.151. The predicted octanol–water partition coefficient (Wildman–Crippen LogP) is 4.21. The molecule has 0 amide bonds. The number of para-hydroxylation sites is 1. The first-order chi connectivity index (χ1) is 12.2. The fraction of sp³-hybridized carbons (Fsp3) is 0.0476. The Morgan fingerprint density at radius 2 is 1.40 bits per heavy atom. The third-order valence-electron chi connectivity index (χ3n) is 3.53. The molecular weight excluding hydrogens is 314 g/mol. The number of carbonyl (C=O) groups is 1. The van der Waals surface area contributed by atoms with Crippen LogP contribution in [0.15, 0.2) is 78.9 Å². The number of ether oxygens (including phenoxy) is 2. The number of benzene rings is 3. The van der Waals surface area contributed by atoms with Gasteiger partial charge in [-0.25, -0.2) is 4.79 Å². The van der Waals surface area contributed by atoms with Gasteiger partial charge in [-0.1, -0.05) is 42.5 Å². The van der Waals surface area contributed by atoms with Crippen molar-refractivity contribution in [3.63, 3.8) is 0 Å². The highest BCUT2D eigenvalue weighted by atomic mass is 16.6.